The average molecular weight is 633 g/mol. The Morgan fingerprint density at radius 2 is 1.58 bits per heavy atom. The maximum atomic E-state index is 14.8. The van der Waals surface area contributed by atoms with Crippen LogP contribution in [0.3, 0.4) is 0 Å². The van der Waals surface area contributed by atoms with Crippen LogP contribution in [0, 0.1) is 24.4 Å². The summed E-state index contributed by atoms with van der Waals surface area (Å²) in [6, 6.07) is 14.6. The topological polar surface area (TPSA) is 87.0 Å². The van der Waals surface area contributed by atoms with E-state index in [4.69, 9.17) is 16.1 Å². The molecule has 1 amide bonds. The molecule has 1 fully saturated rings. The summed E-state index contributed by atoms with van der Waals surface area (Å²) < 4.78 is 74.4. The summed E-state index contributed by atoms with van der Waals surface area (Å²) in [5.74, 6) is -1.89. The summed E-state index contributed by atoms with van der Waals surface area (Å²) in [5.41, 5.74) is 0.660. The fourth-order valence-electron chi connectivity index (χ4n) is 4.95. The lowest BCUT2D eigenvalue weighted by Gasteiger charge is -2.35. The third kappa shape index (κ3) is 6.77. The highest BCUT2D eigenvalue weighted by Crippen LogP contribution is 2.34. The lowest BCUT2D eigenvalue weighted by atomic mass is 10.0. The fraction of sp³-hybridized carbons (Fsp3) is 0.267. The van der Waals surface area contributed by atoms with Gasteiger partial charge in [-0.3, -0.25) is 9.69 Å². The van der Waals surface area contributed by atoms with Gasteiger partial charge in [0.1, 0.15) is 34.5 Å². The molecule has 43 heavy (non-hydrogen) atoms. The Labute approximate surface area is 252 Å². The molecule has 0 N–H and O–H groups in total. The van der Waals surface area contributed by atoms with Crippen LogP contribution in [0.2, 0.25) is 5.02 Å². The van der Waals surface area contributed by atoms with E-state index in [0.29, 0.717) is 25.2 Å². The first-order valence-corrected chi connectivity index (χ1v) is 15.3. The van der Waals surface area contributed by atoms with Gasteiger partial charge in [-0.1, -0.05) is 35.0 Å². The van der Waals surface area contributed by atoms with E-state index in [1.165, 1.54) is 51.7 Å². The number of hydrogen-bond acceptors (Lipinski definition) is 6. The highest BCUT2D eigenvalue weighted by molar-refractivity contribution is 7.89. The van der Waals surface area contributed by atoms with Crippen LogP contribution in [0.15, 0.2) is 76.1 Å². The molecule has 1 saturated heterocycles. The molecule has 0 bridgehead atoms. The summed E-state index contributed by atoms with van der Waals surface area (Å²) >= 11 is 6.27. The Hall–Kier alpha value is -3.71. The van der Waals surface area contributed by atoms with Crippen LogP contribution < -0.4 is 0 Å². The third-order valence-electron chi connectivity index (χ3n) is 7.32. The van der Waals surface area contributed by atoms with Gasteiger partial charge in [0.25, 0.3) is 5.91 Å². The molecule has 3 aromatic carbocycles. The number of amides is 1. The van der Waals surface area contributed by atoms with Crippen molar-refractivity contribution in [3.05, 3.63) is 106 Å². The quantitative estimate of drug-likeness (QED) is 0.247. The van der Waals surface area contributed by atoms with E-state index < -0.39 is 33.4 Å². The number of hydrogen-bond donors (Lipinski definition) is 0. The number of halogens is 4. The van der Waals surface area contributed by atoms with Crippen molar-refractivity contribution in [2.75, 3.05) is 39.3 Å². The minimum Gasteiger partial charge on any atom is -0.360 e. The first-order valence-electron chi connectivity index (χ1n) is 13.5. The summed E-state index contributed by atoms with van der Waals surface area (Å²) in [6.45, 7) is 3.53. The van der Waals surface area contributed by atoms with Crippen LogP contribution in [0.4, 0.5) is 13.2 Å². The van der Waals surface area contributed by atoms with E-state index in [0.717, 1.165) is 12.1 Å². The van der Waals surface area contributed by atoms with Gasteiger partial charge in [0.05, 0.1) is 15.5 Å². The number of aryl methyl sites for hydroxylation is 1. The zero-order valence-electron chi connectivity index (χ0n) is 23.1. The molecule has 8 nitrogen and oxygen atoms in total. The van der Waals surface area contributed by atoms with Crippen molar-refractivity contribution < 1.29 is 30.9 Å². The largest absolute Gasteiger partial charge is 0.360 e. The molecule has 226 valence electrons. The molecule has 2 heterocycles. The van der Waals surface area contributed by atoms with Crippen LogP contribution in [-0.4, -0.2) is 72.9 Å². The van der Waals surface area contributed by atoms with Gasteiger partial charge in [0.15, 0.2) is 0 Å². The molecule has 4 aromatic rings. The number of rotatable bonds is 9. The van der Waals surface area contributed by atoms with Gasteiger partial charge < -0.3 is 9.42 Å². The van der Waals surface area contributed by atoms with Gasteiger partial charge in [-0.15, -0.1) is 0 Å². The normalized spacial score (nSPS) is 14.6. The van der Waals surface area contributed by atoms with Crippen LogP contribution >= 0.6 is 11.6 Å². The first kappa shape index (κ1) is 30.7. The summed E-state index contributed by atoms with van der Waals surface area (Å²) in [4.78, 5) is 17.6. The zero-order valence-corrected chi connectivity index (χ0v) is 24.7. The zero-order chi connectivity index (χ0) is 30.7. The standard InChI is InChI=1S/C30H28ClF3N4O4S/c1-20-27(29(35-42-20)28-25(31)3-2-4-26(28)34)30(39)37(19-21-5-7-22(32)8-6-21)16-13-36-14-17-38(18-15-36)43(40,41)24-11-9-23(33)10-12-24/h2-12H,13-19H2,1H3. The molecule has 1 aromatic heterocycles. The molecule has 0 unspecified atom stereocenters. The Morgan fingerprint density at radius 1 is 0.953 bits per heavy atom. The SMILES string of the molecule is Cc1onc(-c2c(F)cccc2Cl)c1C(=O)N(CCN1CCN(S(=O)(=O)c2ccc(F)cc2)CC1)Cc1ccc(F)cc1. The number of sulfonamides is 1. The molecule has 13 heteroatoms. The summed E-state index contributed by atoms with van der Waals surface area (Å²) in [6.07, 6.45) is 0. The number of carbonyl (C=O) groups excluding carboxylic acids is 1. The van der Waals surface area contributed by atoms with Gasteiger partial charge in [0.2, 0.25) is 10.0 Å². The monoisotopic (exact) mass is 632 g/mol. The maximum absolute atomic E-state index is 14.8. The number of nitrogens with zero attached hydrogens (tertiary/aromatic N) is 4. The number of piperazine rings is 1. The summed E-state index contributed by atoms with van der Waals surface area (Å²) in [5, 5.41) is 4.02. The molecule has 0 saturated carbocycles. The van der Waals surface area contributed by atoms with Gasteiger partial charge >= 0.3 is 0 Å². The predicted molar refractivity (Wildman–Crippen MR) is 154 cm³/mol. The first-order chi connectivity index (χ1) is 20.5. The van der Waals surface area contributed by atoms with Gasteiger partial charge in [0, 0.05) is 45.8 Å². The molecular formula is C30H28ClF3N4O4S. The minimum atomic E-state index is -3.78. The lowest BCUT2D eigenvalue weighted by Crippen LogP contribution is -2.50. The van der Waals surface area contributed by atoms with Crippen molar-refractivity contribution >= 4 is 27.5 Å². The van der Waals surface area contributed by atoms with Gasteiger partial charge in [-0.25, -0.2) is 21.6 Å². The highest BCUT2D eigenvalue weighted by atomic mass is 35.5. The summed E-state index contributed by atoms with van der Waals surface area (Å²) in [7, 11) is -3.78. The Bertz CT molecular complexity index is 1690. The van der Waals surface area contributed by atoms with Gasteiger partial charge in [-0.05, 0) is 61.0 Å². The van der Waals surface area contributed by atoms with E-state index in [1.54, 1.807) is 19.1 Å². The molecule has 1 aliphatic heterocycles. The van der Waals surface area contributed by atoms with Crippen molar-refractivity contribution in [1.82, 2.24) is 19.3 Å². The van der Waals surface area contributed by atoms with Crippen molar-refractivity contribution in [3.8, 4) is 11.3 Å². The lowest BCUT2D eigenvalue weighted by molar-refractivity contribution is 0.0709. The predicted octanol–water partition coefficient (Wildman–Crippen LogP) is 5.37. The Morgan fingerprint density at radius 3 is 2.21 bits per heavy atom. The van der Waals surface area contributed by atoms with Crippen LogP contribution in [0.1, 0.15) is 21.7 Å². The van der Waals surface area contributed by atoms with E-state index in [2.05, 4.69) is 5.16 Å². The van der Waals surface area contributed by atoms with Gasteiger partial charge in [-0.2, -0.15) is 4.31 Å². The smallest absolute Gasteiger partial charge is 0.260 e. The molecule has 0 spiro atoms. The number of carbonyl (C=O) groups is 1. The van der Waals surface area contributed by atoms with Crippen LogP contribution in [-0.2, 0) is 16.6 Å². The van der Waals surface area contributed by atoms with E-state index >= 15 is 0 Å². The molecule has 0 aliphatic carbocycles. The van der Waals surface area contributed by atoms with Crippen molar-refractivity contribution in [2.24, 2.45) is 0 Å². The highest BCUT2D eigenvalue weighted by Gasteiger charge is 2.31. The van der Waals surface area contributed by atoms with Crippen molar-refractivity contribution in [2.45, 2.75) is 18.4 Å². The fourth-order valence-corrected chi connectivity index (χ4v) is 6.63. The number of aromatic nitrogens is 1. The molecular weight excluding hydrogens is 605 g/mol. The third-order valence-corrected chi connectivity index (χ3v) is 9.55. The molecule has 5 rings (SSSR count). The second-order valence-electron chi connectivity index (χ2n) is 10.1. The van der Waals surface area contributed by atoms with Crippen molar-refractivity contribution in [1.29, 1.82) is 0 Å². The van der Waals surface area contributed by atoms with Crippen LogP contribution in [0.5, 0.6) is 0 Å². The van der Waals surface area contributed by atoms with Crippen LogP contribution in [0.25, 0.3) is 11.3 Å². The van der Waals surface area contributed by atoms with E-state index in [9.17, 15) is 26.4 Å². The van der Waals surface area contributed by atoms with Crippen molar-refractivity contribution in [3.63, 3.8) is 0 Å². The average Bonchev–Trinajstić information content (AvgIpc) is 3.36. The Kier molecular flexibility index (Phi) is 9.21. The molecule has 1 aliphatic rings. The Balaban J connectivity index is 1.34. The maximum Gasteiger partial charge on any atom is 0.260 e. The van der Waals surface area contributed by atoms with E-state index in [-0.39, 0.29) is 58.7 Å². The minimum absolute atomic E-state index is 0.0191. The van der Waals surface area contributed by atoms with E-state index in [1.807, 2.05) is 4.90 Å². The molecule has 0 atom stereocenters. The second-order valence-corrected chi connectivity index (χ2v) is 12.5. The second kappa shape index (κ2) is 12.9. The molecule has 0 radical (unpaired) electrons. The number of benzene rings is 3.